The number of hydrogen-bond acceptors (Lipinski definition) is 5. The van der Waals surface area contributed by atoms with Crippen molar-refractivity contribution in [3.8, 4) is 6.07 Å². The molecule has 1 unspecified atom stereocenters. The van der Waals surface area contributed by atoms with E-state index in [1.54, 1.807) is 6.20 Å². The standard InChI is InChI=1S/C17H19N5/c1-13-8-9-19-17(20-13)21-15-3-2-10-22(12-15)16-6-4-14(11-18)5-7-16/h4-9,15H,2-3,10,12H2,1H3,(H,19,20,21). The quantitative estimate of drug-likeness (QED) is 0.942. The molecule has 1 aliphatic heterocycles. The van der Waals surface area contributed by atoms with Crippen molar-refractivity contribution in [2.75, 3.05) is 23.3 Å². The first-order valence-electron chi connectivity index (χ1n) is 7.56. The van der Waals surface area contributed by atoms with Crippen molar-refractivity contribution in [3.05, 3.63) is 47.8 Å². The Hall–Kier alpha value is -2.61. The fraction of sp³-hybridized carbons (Fsp3) is 0.353. The molecule has 1 saturated heterocycles. The lowest BCUT2D eigenvalue weighted by molar-refractivity contribution is 0.527. The van der Waals surface area contributed by atoms with Crippen molar-refractivity contribution in [2.45, 2.75) is 25.8 Å². The summed E-state index contributed by atoms with van der Waals surface area (Å²) in [7, 11) is 0. The first-order chi connectivity index (χ1) is 10.7. The third kappa shape index (κ3) is 3.34. The molecule has 1 N–H and O–H groups in total. The normalized spacial score (nSPS) is 17.8. The second kappa shape index (κ2) is 6.44. The lowest BCUT2D eigenvalue weighted by Crippen LogP contribution is -2.42. The van der Waals surface area contributed by atoms with Crippen LogP contribution in [0.3, 0.4) is 0 Å². The number of benzene rings is 1. The summed E-state index contributed by atoms with van der Waals surface area (Å²) in [6.07, 6.45) is 4.03. The zero-order valence-electron chi connectivity index (χ0n) is 12.7. The second-order valence-corrected chi connectivity index (χ2v) is 5.61. The summed E-state index contributed by atoms with van der Waals surface area (Å²) in [6.45, 7) is 3.93. The molecule has 2 aromatic rings. The van der Waals surface area contributed by atoms with Crippen molar-refractivity contribution >= 4 is 11.6 Å². The molecule has 0 aliphatic carbocycles. The molecular formula is C17H19N5. The van der Waals surface area contributed by atoms with Crippen molar-refractivity contribution in [1.29, 1.82) is 5.26 Å². The number of nitrogens with one attached hydrogen (secondary N) is 1. The topological polar surface area (TPSA) is 64.8 Å². The average molecular weight is 293 g/mol. The summed E-state index contributed by atoms with van der Waals surface area (Å²) in [5.41, 5.74) is 2.83. The fourth-order valence-electron chi connectivity index (χ4n) is 2.78. The minimum atomic E-state index is 0.339. The maximum Gasteiger partial charge on any atom is 0.223 e. The van der Waals surface area contributed by atoms with E-state index in [4.69, 9.17) is 5.26 Å². The molecule has 0 radical (unpaired) electrons. The molecule has 1 aliphatic rings. The minimum absolute atomic E-state index is 0.339. The zero-order chi connectivity index (χ0) is 15.4. The largest absolute Gasteiger partial charge is 0.369 e. The average Bonchev–Trinajstić information content (AvgIpc) is 2.55. The Morgan fingerprint density at radius 1 is 1.27 bits per heavy atom. The van der Waals surface area contributed by atoms with Crippen LogP contribution in [0.2, 0.25) is 0 Å². The highest BCUT2D eigenvalue weighted by Gasteiger charge is 2.20. The van der Waals surface area contributed by atoms with Gasteiger partial charge in [-0.1, -0.05) is 0 Å². The Labute approximate surface area is 130 Å². The van der Waals surface area contributed by atoms with Crippen LogP contribution in [0.25, 0.3) is 0 Å². The van der Waals surface area contributed by atoms with Gasteiger partial charge in [-0.25, -0.2) is 9.97 Å². The van der Waals surface area contributed by atoms with Crippen LogP contribution in [0, 0.1) is 18.3 Å². The number of piperidine rings is 1. The minimum Gasteiger partial charge on any atom is -0.369 e. The monoisotopic (exact) mass is 293 g/mol. The predicted molar refractivity (Wildman–Crippen MR) is 86.8 cm³/mol. The van der Waals surface area contributed by atoms with E-state index in [-0.39, 0.29) is 0 Å². The fourth-order valence-corrected chi connectivity index (χ4v) is 2.78. The molecule has 1 aromatic heterocycles. The van der Waals surface area contributed by atoms with Gasteiger partial charge in [0.1, 0.15) is 0 Å². The van der Waals surface area contributed by atoms with E-state index >= 15 is 0 Å². The molecule has 1 aromatic carbocycles. The molecular weight excluding hydrogens is 274 g/mol. The van der Waals surface area contributed by atoms with E-state index in [2.05, 4.69) is 26.3 Å². The molecule has 0 bridgehead atoms. The van der Waals surface area contributed by atoms with Crippen molar-refractivity contribution in [3.63, 3.8) is 0 Å². The highest BCUT2D eigenvalue weighted by atomic mass is 15.2. The lowest BCUT2D eigenvalue weighted by Gasteiger charge is -2.34. The van der Waals surface area contributed by atoms with E-state index < -0.39 is 0 Å². The van der Waals surface area contributed by atoms with Crippen molar-refractivity contribution in [1.82, 2.24) is 9.97 Å². The first kappa shape index (κ1) is 14.3. The van der Waals surface area contributed by atoms with Crippen LogP contribution >= 0.6 is 0 Å². The van der Waals surface area contributed by atoms with Crippen LogP contribution in [0.15, 0.2) is 36.5 Å². The summed E-state index contributed by atoms with van der Waals surface area (Å²) >= 11 is 0. The first-order valence-corrected chi connectivity index (χ1v) is 7.56. The summed E-state index contributed by atoms with van der Waals surface area (Å²) in [5, 5.41) is 12.3. The number of anilines is 2. The van der Waals surface area contributed by atoms with Crippen LogP contribution in [-0.2, 0) is 0 Å². The van der Waals surface area contributed by atoms with Crippen LogP contribution in [-0.4, -0.2) is 29.1 Å². The Morgan fingerprint density at radius 2 is 2.09 bits per heavy atom. The summed E-state index contributed by atoms with van der Waals surface area (Å²) in [4.78, 5) is 11.0. The van der Waals surface area contributed by atoms with Gasteiger partial charge < -0.3 is 10.2 Å². The van der Waals surface area contributed by atoms with Gasteiger partial charge in [-0.2, -0.15) is 5.26 Å². The molecule has 5 heteroatoms. The van der Waals surface area contributed by atoms with E-state index in [1.165, 1.54) is 0 Å². The molecule has 0 saturated carbocycles. The van der Waals surface area contributed by atoms with Crippen LogP contribution < -0.4 is 10.2 Å². The number of nitriles is 1. The van der Waals surface area contributed by atoms with Crippen LogP contribution in [0.5, 0.6) is 0 Å². The van der Waals surface area contributed by atoms with E-state index in [9.17, 15) is 0 Å². The van der Waals surface area contributed by atoms with Gasteiger partial charge in [0, 0.05) is 36.7 Å². The van der Waals surface area contributed by atoms with Gasteiger partial charge in [0.15, 0.2) is 0 Å². The van der Waals surface area contributed by atoms with E-state index in [0.29, 0.717) is 17.6 Å². The zero-order valence-corrected chi connectivity index (χ0v) is 12.7. The molecule has 1 fully saturated rings. The van der Waals surface area contributed by atoms with Crippen molar-refractivity contribution < 1.29 is 0 Å². The third-order valence-electron chi connectivity index (χ3n) is 3.91. The molecule has 22 heavy (non-hydrogen) atoms. The molecule has 5 nitrogen and oxygen atoms in total. The molecule has 3 rings (SSSR count). The Bertz CT molecular complexity index is 674. The van der Waals surface area contributed by atoms with Gasteiger partial charge >= 0.3 is 0 Å². The number of rotatable bonds is 3. The summed E-state index contributed by atoms with van der Waals surface area (Å²) in [5.74, 6) is 0.701. The number of nitrogens with zero attached hydrogens (tertiary/aromatic N) is 4. The number of hydrogen-bond donors (Lipinski definition) is 1. The number of aromatic nitrogens is 2. The lowest BCUT2D eigenvalue weighted by atomic mass is 10.0. The molecule has 0 amide bonds. The Kier molecular flexibility index (Phi) is 4.19. The second-order valence-electron chi connectivity index (χ2n) is 5.61. The molecule has 0 spiro atoms. The summed E-state index contributed by atoms with van der Waals surface area (Å²) in [6, 6.07) is 12.2. The smallest absolute Gasteiger partial charge is 0.223 e. The summed E-state index contributed by atoms with van der Waals surface area (Å²) < 4.78 is 0. The van der Waals surface area contributed by atoms with E-state index in [1.807, 2.05) is 37.3 Å². The van der Waals surface area contributed by atoms with Gasteiger partial charge in [0.2, 0.25) is 5.95 Å². The van der Waals surface area contributed by atoms with E-state index in [0.717, 1.165) is 37.3 Å². The van der Waals surface area contributed by atoms with Gasteiger partial charge in [0.05, 0.1) is 11.6 Å². The maximum atomic E-state index is 8.88. The molecule has 1 atom stereocenters. The SMILES string of the molecule is Cc1ccnc(NC2CCCN(c3ccc(C#N)cc3)C2)n1. The number of aryl methyl sites for hydroxylation is 1. The van der Waals surface area contributed by atoms with Gasteiger partial charge in [-0.05, 0) is 50.1 Å². The van der Waals surface area contributed by atoms with Crippen LogP contribution in [0.4, 0.5) is 11.6 Å². The molecule has 112 valence electrons. The van der Waals surface area contributed by atoms with Gasteiger partial charge in [-0.15, -0.1) is 0 Å². The van der Waals surface area contributed by atoms with Crippen molar-refractivity contribution in [2.24, 2.45) is 0 Å². The third-order valence-corrected chi connectivity index (χ3v) is 3.91. The van der Waals surface area contributed by atoms with Crippen LogP contribution in [0.1, 0.15) is 24.1 Å². The van der Waals surface area contributed by atoms with Gasteiger partial charge in [-0.3, -0.25) is 0 Å². The Balaban J connectivity index is 1.67. The Morgan fingerprint density at radius 3 is 2.82 bits per heavy atom. The maximum absolute atomic E-state index is 8.88. The van der Waals surface area contributed by atoms with Gasteiger partial charge in [0.25, 0.3) is 0 Å². The molecule has 2 heterocycles. The highest BCUT2D eigenvalue weighted by molar-refractivity contribution is 5.50. The highest BCUT2D eigenvalue weighted by Crippen LogP contribution is 2.21. The predicted octanol–water partition coefficient (Wildman–Crippen LogP) is 2.74.